The number of hydrogen-bond acceptors (Lipinski definition) is 4. The van der Waals surface area contributed by atoms with Gasteiger partial charge in [-0.15, -0.1) is 12.4 Å². The van der Waals surface area contributed by atoms with Crippen LogP contribution >= 0.6 is 12.4 Å². The molecule has 1 fully saturated rings. The zero-order valence-electron chi connectivity index (χ0n) is 11.2. The van der Waals surface area contributed by atoms with E-state index in [9.17, 15) is 9.59 Å². The van der Waals surface area contributed by atoms with Crippen LogP contribution in [0, 0.1) is 0 Å². The van der Waals surface area contributed by atoms with E-state index in [2.05, 4.69) is 0 Å². The predicted molar refractivity (Wildman–Crippen MR) is 77.3 cm³/mol. The van der Waals surface area contributed by atoms with Gasteiger partial charge in [-0.2, -0.15) is 0 Å². The minimum Gasteiger partial charge on any atom is -0.459 e. The number of hydrogen-bond donors (Lipinski definition) is 1. The number of esters is 1. The van der Waals surface area contributed by atoms with Crippen LogP contribution < -0.4 is 5.73 Å². The molecule has 2 rings (SSSR count). The summed E-state index contributed by atoms with van der Waals surface area (Å²) in [5, 5.41) is 0. The third-order valence-corrected chi connectivity index (χ3v) is 3.13. The molecule has 1 heterocycles. The van der Waals surface area contributed by atoms with Crippen LogP contribution in [0.2, 0.25) is 0 Å². The molecule has 2 N–H and O–H groups in total. The topological polar surface area (TPSA) is 72.6 Å². The van der Waals surface area contributed by atoms with Gasteiger partial charge in [-0.1, -0.05) is 30.3 Å². The van der Waals surface area contributed by atoms with Crippen LogP contribution in [0.4, 0.5) is 0 Å². The smallest absolute Gasteiger partial charge is 0.325 e. The van der Waals surface area contributed by atoms with Crippen molar-refractivity contribution in [3.63, 3.8) is 0 Å². The Hall–Kier alpha value is -1.59. The minimum atomic E-state index is -0.476. The van der Waals surface area contributed by atoms with Crippen LogP contribution in [0.1, 0.15) is 18.4 Å². The third kappa shape index (κ3) is 4.51. The average molecular weight is 299 g/mol. The van der Waals surface area contributed by atoms with Crippen LogP contribution in [0.15, 0.2) is 30.3 Å². The first-order valence-electron chi connectivity index (χ1n) is 6.41. The summed E-state index contributed by atoms with van der Waals surface area (Å²) in [5.74, 6) is -0.561. The minimum absolute atomic E-state index is 0. The van der Waals surface area contributed by atoms with Crippen molar-refractivity contribution in [1.29, 1.82) is 0 Å². The van der Waals surface area contributed by atoms with Gasteiger partial charge < -0.3 is 15.4 Å². The van der Waals surface area contributed by atoms with E-state index in [-0.39, 0.29) is 31.5 Å². The molecule has 0 radical (unpaired) electrons. The van der Waals surface area contributed by atoms with E-state index in [1.807, 2.05) is 30.3 Å². The number of nitrogens with zero attached hydrogens (tertiary/aromatic N) is 1. The molecule has 0 spiro atoms. The van der Waals surface area contributed by atoms with Crippen LogP contribution in [0.5, 0.6) is 0 Å². The summed E-state index contributed by atoms with van der Waals surface area (Å²) in [7, 11) is 0. The van der Waals surface area contributed by atoms with Crippen molar-refractivity contribution in [2.24, 2.45) is 5.73 Å². The summed E-state index contributed by atoms with van der Waals surface area (Å²) >= 11 is 0. The van der Waals surface area contributed by atoms with Gasteiger partial charge in [0, 0.05) is 6.54 Å². The van der Waals surface area contributed by atoms with E-state index in [1.54, 1.807) is 0 Å². The zero-order chi connectivity index (χ0) is 13.7. The number of piperidine rings is 1. The molecule has 0 aromatic heterocycles. The van der Waals surface area contributed by atoms with Gasteiger partial charge in [-0.25, -0.2) is 0 Å². The highest BCUT2D eigenvalue weighted by Crippen LogP contribution is 2.10. The molecule has 1 amide bonds. The molecule has 1 unspecified atom stereocenters. The van der Waals surface area contributed by atoms with Crippen LogP contribution in [-0.2, 0) is 20.9 Å². The summed E-state index contributed by atoms with van der Waals surface area (Å²) in [5.41, 5.74) is 6.59. The quantitative estimate of drug-likeness (QED) is 0.845. The number of carbonyl (C=O) groups excluding carboxylic acids is 2. The molecule has 1 aliphatic heterocycles. The van der Waals surface area contributed by atoms with Crippen molar-refractivity contribution < 1.29 is 14.3 Å². The molecule has 20 heavy (non-hydrogen) atoms. The van der Waals surface area contributed by atoms with Crippen molar-refractivity contribution in [2.75, 3.05) is 13.1 Å². The first kappa shape index (κ1) is 16.5. The molecule has 0 bridgehead atoms. The fraction of sp³-hybridized carbons (Fsp3) is 0.429. The molecule has 110 valence electrons. The number of likely N-dealkylation sites (tertiary alicyclic amines) is 1. The summed E-state index contributed by atoms with van der Waals surface area (Å²) in [4.78, 5) is 24.9. The lowest BCUT2D eigenvalue weighted by atomic mass is 10.1. The first-order valence-corrected chi connectivity index (χ1v) is 6.41. The third-order valence-electron chi connectivity index (χ3n) is 3.13. The molecular weight excluding hydrogens is 280 g/mol. The second-order valence-corrected chi connectivity index (χ2v) is 4.65. The number of carbonyl (C=O) groups is 2. The second kappa shape index (κ2) is 7.87. The Morgan fingerprint density at radius 3 is 2.75 bits per heavy atom. The maximum Gasteiger partial charge on any atom is 0.325 e. The number of rotatable bonds is 4. The molecule has 1 aromatic rings. The van der Waals surface area contributed by atoms with Crippen molar-refractivity contribution in [3.8, 4) is 0 Å². The molecular formula is C14H19ClN2O3. The Morgan fingerprint density at radius 2 is 2.05 bits per heavy atom. The first-order chi connectivity index (χ1) is 9.16. The Balaban J connectivity index is 0.00000200. The predicted octanol–water partition coefficient (Wildman–Crippen LogP) is 1.10. The van der Waals surface area contributed by atoms with E-state index in [0.717, 1.165) is 12.0 Å². The van der Waals surface area contributed by atoms with E-state index in [1.165, 1.54) is 4.90 Å². The highest BCUT2D eigenvalue weighted by molar-refractivity contribution is 5.86. The van der Waals surface area contributed by atoms with Crippen molar-refractivity contribution in [2.45, 2.75) is 25.5 Å². The largest absolute Gasteiger partial charge is 0.459 e. The fourth-order valence-electron chi connectivity index (χ4n) is 2.07. The van der Waals surface area contributed by atoms with Gasteiger partial charge in [0.15, 0.2) is 0 Å². The number of ether oxygens (including phenoxy) is 1. The lowest BCUT2D eigenvalue weighted by Crippen LogP contribution is -2.50. The standard InChI is InChI=1S/C14H18N2O3.ClH/c15-12-7-4-8-16(14(12)18)9-13(17)19-10-11-5-2-1-3-6-11;/h1-3,5-6,12H,4,7-10,15H2;1H. The highest BCUT2D eigenvalue weighted by Gasteiger charge is 2.27. The Bertz CT molecular complexity index is 453. The summed E-state index contributed by atoms with van der Waals surface area (Å²) in [6.45, 7) is 0.792. The van der Waals surface area contributed by atoms with Gasteiger partial charge in [0.1, 0.15) is 13.2 Å². The molecule has 6 heteroatoms. The normalized spacial score (nSPS) is 18.4. The second-order valence-electron chi connectivity index (χ2n) is 4.65. The van der Waals surface area contributed by atoms with Gasteiger partial charge in [0.25, 0.3) is 0 Å². The molecule has 5 nitrogen and oxygen atoms in total. The van der Waals surface area contributed by atoms with E-state index in [0.29, 0.717) is 13.0 Å². The summed E-state index contributed by atoms with van der Waals surface area (Å²) < 4.78 is 5.14. The lowest BCUT2D eigenvalue weighted by molar-refractivity contribution is -0.151. The maximum atomic E-state index is 11.7. The van der Waals surface area contributed by atoms with Gasteiger partial charge in [-0.3, -0.25) is 9.59 Å². The van der Waals surface area contributed by atoms with Gasteiger partial charge in [0.2, 0.25) is 5.91 Å². The Kier molecular flexibility index (Phi) is 6.48. The average Bonchev–Trinajstić information content (AvgIpc) is 2.43. The van der Waals surface area contributed by atoms with Gasteiger partial charge in [0.05, 0.1) is 6.04 Å². The number of amides is 1. The number of nitrogens with two attached hydrogens (primary N) is 1. The molecule has 1 aliphatic rings. The van der Waals surface area contributed by atoms with Crippen molar-refractivity contribution >= 4 is 24.3 Å². The maximum absolute atomic E-state index is 11.7. The Morgan fingerprint density at radius 1 is 1.35 bits per heavy atom. The van der Waals surface area contributed by atoms with Crippen molar-refractivity contribution in [1.82, 2.24) is 4.90 Å². The van der Waals surface area contributed by atoms with Gasteiger partial charge in [-0.05, 0) is 18.4 Å². The summed E-state index contributed by atoms with van der Waals surface area (Å²) in [6, 6.07) is 8.96. The summed E-state index contributed by atoms with van der Waals surface area (Å²) in [6.07, 6.45) is 1.52. The number of halogens is 1. The van der Waals surface area contributed by atoms with Crippen molar-refractivity contribution in [3.05, 3.63) is 35.9 Å². The fourth-order valence-corrected chi connectivity index (χ4v) is 2.07. The molecule has 1 atom stereocenters. The van der Waals surface area contributed by atoms with E-state index >= 15 is 0 Å². The van der Waals surface area contributed by atoms with Crippen LogP contribution in [-0.4, -0.2) is 35.9 Å². The zero-order valence-corrected chi connectivity index (χ0v) is 12.0. The highest BCUT2D eigenvalue weighted by atomic mass is 35.5. The molecule has 1 aromatic carbocycles. The molecule has 0 saturated carbocycles. The lowest BCUT2D eigenvalue weighted by Gasteiger charge is -2.29. The van der Waals surface area contributed by atoms with E-state index in [4.69, 9.17) is 10.5 Å². The monoisotopic (exact) mass is 298 g/mol. The SMILES string of the molecule is Cl.NC1CCCN(CC(=O)OCc2ccccc2)C1=O. The van der Waals surface area contributed by atoms with E-state index < -0.39 is 12.0 Å². The Labute approximate surface area is 124 Å². The number of benzene rings is 1. The van der Waals surface area contributed by atoms with Gasteiger partial charge >= 0.3 is 5.97 Å². The van der Waals surface area contributed by atoms with Crippen LogP contribution in [0.25, 0.3) is 0 Å². The molecule has 1 saturated heterocycles. The molecule has 0 aliphatic carbocycles. The van der Waals surface area contributed by atoms with Crippen LogP contribution in [0.3, 0.4) is 0 Å².